The fourth-order valence-corrected chi connectivity index (χ4v) is 7.99. The predicted molar refractivity (Wildman–Crippen MR) is 177 cm³/mol. The second kappa shape index (κ2) is 12.6. The number of aryl methyl sites for hydroxylation is 2. The zero-order valence-electron chi connectivity index (χ0n) is 25.1. The van der Waals surface area contributed by atoms with Gasteiger partial charge in [-0.2, -0.15) is 0 Å². The second-order valence-corrected chi connectivity index (χ2v) is 14.5. The van der Waals surface area contributed by atoms with E-state index in [9.17, 15) is 16.8 Å². The number of unbranched alkanes of at least 4 members (excludes halogenated alkanes) is 1. The van der Waals surface area contributed by atoms with Gasteiger partial charge in [0.25, 0.3) is 10.0 Å². The van der Waals surface area contributed by atoms with Crippen LogP contribution in [-0.2, 0) is 31.1 Å². The van der Waals surface area contributed by atoms with Gasteiger partial charge >= 0.3 is 0 Å². The number of nitrogens with zero attached hydrogens (tertiary/aromatic N) is 3. The highest BCUT2D eigenvalue weighted by Crippen LogP contribution is 2.38. The van der Waals surface area contributed by atoms with Gasteiger partial charge in [-0.25, -0.2) is 26.8 Å². The molecule has 6 aromatic rings. The summed E-state index contributed by atoms with van der Waals surface area (Å²) in [6, 6.07) is 25.9. The molecule has 9 nitrogen and oxygen atoms in total. The van der Waals surface area contributed by atoms with E-state index in [0.29, 0.717) is 30.7 Å². The van der Waals surface area contributed by atoms with Gasteiger partial charge in [0, 0.05) is 19.8 Å². The third kappa shape index (κ3) is 6.15. The van der Waals surface area contributed by atoms with Crippen molar-refractivity contribution in [2.45, 2.75) is 54.3 Å². The molecule has 0 amide bonds. The van der Waals surface area contributed by atoms with Crippen LogP contribution in [0.15, 0.2) is 106 Å². The van der Waals surface area contributed by atoms with Crippen LogP contribution in [0, 0.1) is 6.92 Å². The molecule has 11 heteroatoms. The molecule has 0 saturated heterocycles. The van der Waals surface area contributed by atoms with E-state index in [2.05, 4.69) is 11.6 Å². The van der Waals surface area contributed by atoms with Crippen molar-refractivity contribution in [3.05, 3.63) is 96.6 Å². The normalized spacial score (nSPS) is 12.3. The van der Waals surface area contributed by atoms with Gasteiger partial charge in [-0.3, -0.25) is 4.72 Å². The fourth-order valence-electron chi connectivity index (χ4n) is 5.27. The number of fused-ring (bicyclic) bond motifs is 3. The Hall–Kier alpha value is -4.32. The van der Waals surface area contributed by atoms with E-state index in [0.717, 1.165) is 29.2 Å². The first-order chi connectivity index (χ1) is 21.7. The first kappa shape index (κ1) is 30.7. The third-order valence-corrected chi connectivity index (χ3v) is 10.8. The summed E-state index contributed by atoms with van der Waals surface area (Å²) in [5.74, 6) is -0.109. The van der Waals surface area contributed by atoms with Crippen LogP contribution in [-0.4, -0.2) is 44.6 Å². The molecular formula is C34H34N4O5S2. The SMILES string of the molecule is CCCCOCCCn1c(NS(=O)(=O)c2ccc3ccccc3c2)c(S(=O)(=O)c2ccc(C)cc2)c2nc3ccccc3nc21. The van der Waals surface area contributed by atoms with Crippen molar-refractivity contribution in [1.29, 1.82) is 0 Å². The van der Waals surface area contributed by atoms with Crippen molar-refractivity contribution >= 4 is 58.6 Å². The summed E-state index contributed by atoms with van der Waals surface area (Å²) in [4.78, 5) is 9.35. The zero-order chi connectivity index (χ0) is 31.6. The van der Waals surface area contributed by atoms with Crippen molar-refractivity contribution in [3.63, 3.8) is 0 Å². The molecule has 0 atom stereocenters. The summed E-state index contributed by atoms with van der Waals surface area (Å²) in [6.45, 7) is 5.22. The van der Waals surface area contributed by atoms with Gasteiger partial charge < -0.3 is 9.30 Å². The molecule has 0 unspecified atom stereocenters. The van der Waals surface area contributed by atoms with Gasteiger partial charge in [0.1, 0.15) is 16.2 Å². The lowest BCUT2D eigenvalue weighted by Gasteiger charge is -2.15. The van der Waals surface area contributed by atoms with Crippen LogP contribution in [0.5, 0.6) is 0 Å². The van der Waals surface area contributed by atoms with Crippen molar-refractivity contribution in [1.82, 2.24) is 14.5 Å². The Morgan fingerprint density at radius 3 is 2.13 bits per heavy atom. The van der Waals surface area contributed by atoms with Crippen molar-refractivity contribution < 1.29 is 21.6 Å². The number of hydrogen-bond donors (Lipinski definition) is 1. The van der Waals surface area contributed by atoms with Gasteiger partial charge in [0.2, 0.25) is 9.84 Å². The Balaban J connectivity index is 1.56. The third-order valence-electron chi connectivity index (χ3n) is 7.68. The molecule has 0 aliphatic carbocycles. The first-order valence-corrected chi connectivity index (χ1v) is 17.9. The van der Waals surface area contributed by atoms with Crippen LogP contribution in [0.1, 0.15) is 31.7 Å². The summed E-state index contributed by atoms with van der Waals surface area (Å²) < 4.78 is 67.0. The molecule has 0 aliphatic rings. The quantitative estimate of drug-likeness (QED) is 0.144. The second-order valence-electron chi connectivity index (χ2n) is 11.0. The number of sulfonamides is 1. The topological polar surface area (TPSA) is 120 Å². The molecule has 0 radical (unpaired) electrons. The minimum absolute atomic E-state index is 0.00525. The Morgan fingerprint density at radius 1 is 0.756 bits per heavy atom. The van der Waals surface area contributed by atoms with E-state index in [1.807, 2.05) is 37.3 Å². The molecule has 2 heterocycles. The summed E-state index contributed by atoms with van der Waals surface area (Å²) in [5.41, 5.74) is 2.31. The molecule has 0 spiro atoms. The minimum atomic E-state index is -4.27. The Bertz CT molecular complexity index is 2230. The van der Waals surface area contributed by atoms with Crippen LogP contribution in [0.4, 0.5) is 5.82 Å². The number of anilines is 1. The average Bonchev–Trinajstić information content (AvgIpc) is 3.33. The number of rotatable bonds is 12. The molecule has 4 aromatic carbocycles. The molecule has 0 aliphatic heterocycles. The molecule has 0 saturated carbocycles. The van der Waals surface area contributed by atoms with Crippen LogP contribution in [0.2, 0.25) is 0 Å². The van der Waals surface area contributed by atoms with E-state index in [1.54, 1.807) is 47.0 Å². The molecule has 0 fully saturated rings. The molecule has 6 rings (SSSR count). The highest BCUT2D eigenvalue weighted by Gasteiger charge is 2.33. The Morgan fingerprint density at radius 2 is 1.40 bits per heavy atom. The van der Waals surface area contributed by atoms with Gasteiger partial charge in [-0.15, -0.1) is 0 Å². The van der Waals surface area contributed by atoms with Gasteiger partial charge in [-0.1, -0.05) is 73.5 Å². The minimum Gasteiger partial charge on any atom is -0.381 e. The van der Waals surface area contributed by atoms with E-state index in [4.69, 9.17) is 14.7 Å². The number of sulfone groups is 1. The van der Waals surface area contributed by atoms with Gasteiger partial charge in [0.15, 0.2) is 5.65 Å². The average molecular weight is 643 g/mol. The maximum atomic E-state index is 14.4. The summed E-state index contributed by atoms with van der Waals surface area (Å²) in [5, 5.41) is 1.63. The Kier molecular flexibility index (Phi) is 8.59. The molecule has 0 bridgehead atoms. The maximum absolute atomic E-state index is 14.4. The molecule has 45 heavy (non-hydrogen) atoms. The van der Waals surface area contributed by atoms with Crippen LogP contribution >= 0.6 is 0 Å². The predicted octanol–water partition coefficient (Wildman–Crippen LogP) is 6.89. The Labute approximate surface area is 262 Å². The monoisotopic (exact) mass is 642 g/mol. The first-order valence-electron chi connectivity index (χ1n) is 14.9. The highest BCUT2D eigenvalue weighted by atomic mass is 32.2. The van der Waals surface area contributed by atoms with Crippen molar-refractivity contribution in [2.24, 2.45) is 0 Å². The summed E-state index contributed by atoms with van der Waals surface area (Å²) in [6.07, 6.45) is 2.43. The fraction of sp³-hybridized carbons (Fsp3) is 0.235. The van der Waals surface area contributed by atoms with Crippen molar-refractivity contribution in [3.8, 4) is 0 Å². The van der Waals surface area contributed by atoms with Crippen LogP contribution in [0.25, 0.3) is 33.0 Å². The lowest BCUT2D eigenvalue weighted by Crippen LogP contribution is -2.19. The molecule has 1 N–H and O–H groups in total. The van der Waals surface area contributed by atoms with E-state index >= 15 is 0 Å². The largest absolute Gasteiger partial charge is 0.381 e. The van der Waals surface area contributed by atoms with Crippen LogP contribution in [0.3, 0.4) is 0 Å². The number of hydrogen-bond acceptors (Lipinski definition) is 7. The standard InChI is InChI=1S/C34H34N4O5S2/c1-3-4-21-43-22-9-20-38-33-31(35-29-12-7-8-13-30(29)36-33)32(44(39,40)27-17-14-24(2)15-18-27)34(38)37-45(41,42)28-19-16-25-10-5-6-11-26(25)23-28/h5-8,10-19,23,37H,3-4,9,20-22H2,1-2H3. The smallest absolute Gasteiger partial charge is 0.263 e. The van der Waals surface area contributed by atoms with Crippen LogP contribution < -0.4 is 4.72 Å². The number of nitrogens with one attached hydrogen (secondary N) is 1. The summed E-state index contributed by atoms with van der Waals surface area (Å²) in [7, 11) is -8.53. The number of benzene rings is 4. The lowest BCUT2D eigenvalue weighted by atomic mass is 10.1. The molecule has 2 aromatic heterocycles. The maximum Gasteiger partial charge on any atom is 0.263 e. The lowest BCUT2D eigenvalue weighted by molar-refractivity contribution is 0.126. The van der Waals surface area contributed by atoms with E-state index in [-0.39, 0.29) is 38.2 Å². The van der Waals surface area contributed by atoms with Crippen molar-refractivity contribution in [2.75, 3.05) is 17.9 Å². The van der Waals surface area contributed by atoms with Gasteiger partial charge in [0.05, 0.1) is 20.8 Å². The molecular weight excluding hydrogens is 609 g/mol. The number of para-hydroxylation sites is 2. The molecule has 232 valence electrons. The summed E-state index contributed by atoms with van der Waals surface area (Å²) >= 11 is 0. The number of ether oxygens (including phenoxy) is 1. The highest BCUT2D eigenvalue weighted by molar-refractivity contribution is 7.93. The van der Waals surface area contributed by atoms with E-state index in [1.165, 1.54) is 18.2 Å². The van der Waals surface area contributed by atoms with E-state index < -0.39 is 19.9 Å². The number of aromatic nitrogens is 3. The van der Waals surface area contributed by atoms with Gasteiger partial charge in [-0.05, 0) is 66.9 Å². The zero-order valence-corrected chi connectivity index (χ0v) is 26.7.